The van der Waals surface area contributed by atoms with E-state index in [-0.39, 0.29) is 17.2 Å². The summed E-state index contributed by atoms with van der Waals surface area (Å²) in [5.41, 5.74) is 1.49. The van der Waals surface area contributed by atoms with Crippen molar-refractivity contribution in [2.75, 3.05) is 11.1 Å². The number of rotatable bonds is 5. The number of thiazole rings is 1. The van der Waals surface area contributed by atoms with Crippen molar-refractivity contribution < 1.29 is 4.79 Å². The van der Waals surface area contributed by atoms with Crippen LogP contribution in [-0.2, 0) is 11.3 Å². The molecule has 132 valence electrons. The van der Waals surface area contributed by atoms with Crippen molar-refractivity contribution in [3.8, 4) is 0 Å². The number of nitrogens with one attached hydrogen (secondary N) is 1. The molecular weight excluding hydrogens is 388 g/mol. The van der Waals surface area contributed by atoms with E-state index in [1.807, 2.05) is 42.6 Å². The fourth-order valence-electron chi connectivity index (χ4n) is 2.52. The summed E-state index contributed by atoms with van der Waals surface area (Å²) >= 11 is 4.09. The molecule has 3 aromatic heterocycles. The van der Waals surface area contributed by atoms with Gasteiger partial charge in [0, 0.05) is 6.54 Å². The van der Waals surface area contributed by atoms with Crippen LogP contribution in [0.25, 0.3) is 20.4 Å². The van der Waals surface area contributed by atoms with E-state index < -0.39 is 0 Å². The maximum absolute atomic E-state index is 12.5. The first-order valence-corrected chi connectivity index (χ1v) is 10.6. The van der Waals surface area contributed by atoms with Crippen LogP contribution in [0.2, 0.25) is 0 Å². The molecule has 0 saturated carbocycles. The first-order chi connectivity index (χ1) is 12.7. The summed E-state index contributed by atoms with van der Waals surface area (Å²) in [5, 5.41) is 5.81. The first kappa shape index (κ1) is 17.2. The van der Waals surface area contributed by atoms with E-state index in [1.165, 1.54) is 34.4 Å². The largest absolute Gasteiger partial charge is 0.301 e. The third-order valence-electron chi connectivity index (χ3n) is 3.72. The smallest absolute Gasteiger partial charge is 0.272 e. The summed E-state index contributed by atoms with van der Waals surface area (Å²) in [6, 6.07) is 9.57. The number of hydrogen-bond acceptors (Lipinski definition) is 7. The summed E-state index contributed by atoms with van der Waals surface area (Å²) in [6.45, 7) is 2.41. The van der Waals surface area contributed by atoms with E-state index in [1.54, 1.807) is 4.57 Å². The van der Waals surface area contributed by atoms with Crippen molar-refractivity contribution in [1.82, 2.24) is 14.5 Å². The summed E-state index contributed by atoms with van der Waals surface area (Å²) in [4.78, 5) is 33.7. The van der Waals surface area contributed by atoms with E-state index in [0.29, 0.717) is 27.0 Å². The predicted octanol–water partition coefficient (Wildman–Crippen LogP) is 3.82. The second-order valence-corrected chi connectivity index (χ2v) is 8.29. The Morgan fingerprint density at radius 3 is 2.88 bits per heavy atom. The molecule has 0 saturated heterocycles. The summed E-state index contributed by atoms with van der Waals surface area (Å²) in [6.07, 6.45) is 0. The number of carbonyl (C=O) groups excluding carboxylic acids is 1. The van der Waals surface area contributed by atoms with Crippen molar-refractivity contribution in [3.05, 3.63) is 46.1 Å². The lowest BCUT2D eigenvalue weighted by atomic mass is 10.3. The lowest BCUT2D eigenvalue weighted by Crippen LogP contribution is -2.22. The highest BCUT2D eigenvalue weighted by Crippen LogP contribution is 2.26. The monoisotopic (exact) mass is 402 g/mol. The summed E-state index contributed by atoms with van der Waals surface area (Å²) < 4.78 is 3.28. The van der Waals surface area contributed by atoms with Gasteiger partial charge in [0.05, 0.1) is 21.5 Å². The van der Waals surface area contributed by atoms with Crippen LogP contribution in [0.1, 0.15) is 6.92 Å². The fraction of sp³-hybridized carbons (Fsp3) is 0.176. The van der Waals surface area contributed by atoms with E-state index in [9.17, 15) is 9.59 Å². The summed E-state index contributed by atoms with van der Waals surface area (Å²) in [5.74, 6) is -0.00533. The first-order valence-electron chi connectivity index (χ1n) is 7.92. The van der Waals surface area contributed by atoms with Gasteiger partial charge in [0.15, 0.2) is 10.3 Å². The van der Waals surface area contributed by atoms with Gasteiger partial charge in [-0.3, -0.25) is 14.2 Å². The Bertz CT molecular complexity index is 1130. The maximum atomic E-state index is 12.5. The van der Waals surface area contributed by atoms with Crippen LogP contribution < -0.4 is 10.9 Å². The number of anilines is 1. The normalized spacial score (nSPS) is 11.3. The second-order valence-electron chi connectivity index (χ2n) is 5.40. The molecule has 1 aromatic carbocycles. The molecule has 0 aliphatic heterocycles. The predicted molar refractivity (Wildman–Crippen MR) is 109 cm³/mol. The van der Waals surface area contributed by atoms with Gasteiger partial charge in [0.2, 0.25) is 5.91 Å². The van der Waals surface area contributed by atoms with Crippen LogP contribution >= 0.6 is 34.4 Å². The van der Waals surface area contributed by atoms with Crippen LogP contribution in [0.3, 0.4) is 0 Å². The third-order valence-corrected chi connectivity index (χ3v) is 6.54. The van der Waals surface area contributed by atoms with Crippen LogP contribution in [0.5, 0.6) is 0 Å². The molecular formula is C17H14N4O2S3. The number of carbonyl (C=O) groups is 1. The molecule has 4 aromatic rings. The number of nitrogens with zero attached hydrogens (tertiary/aromatic N) is 3. The zero-order chi connectivity index (χ0) is 18.1. The van der Waals surface area contributed by atoms with E-state index in [2.05, 4.69) is 15.3 Å². The minimum Gasteiger partial charge on any atom is -0.301 e. The Balaban J connectivity index is 1.50. The minimum atomic E-state index is -0.170. The molecule has 1 amide bonds. The highest BCUT2D eigenvalue weighted by Gasteiger charge is 2.14. The molecule has 9 heteroatoms. The van der Waals surface area contributed by atoms with Crippen molar-refractivity contribution in [2.24, 2.45) is 0 Å². The third kappa shape index (κ3) is 3.25. The van der Waals surface area contributed by atoms with Gasteiger partial charge >= 0.3 is 0 Å². The highest BCUT2D eigenvalue weighted by molar-refractivity contribution is 7.99. The molecule has 4 rings (SSSR count). The Labute approximate surface area is 160 Å². The van der Waals surface area contributed by atoms with Crippen molar-refractivity contribution in [1.29, 1.82) is 0 Å². The van der Waals surface area contributed by atoms with Gasteiger partial charge < -0.3 is 5.32 Å². The molecule has 6 nitrogen and oxygen atoms in total. The molecule has 0 aliphatic carbocycles. The van der Waals surface area contributed by atoms with Gasteiger partial charge in [-0.25, -0.2) is 9.97 Å². The Morgan fingerprint density at radius 2 is 2.08 bits per heavy atom. The van der Waals surface area contributed by atoms with Crippen LogP contribution in [0.15, 0.2) is 45.7 Å². The summed E-state index contributed by atoms with van der Waals surface area (Å²) in [7, 11) is 0. The van der Waals surface area contributed by atoms with Gasteiger partial charge in [-0.1, -0.05) is 35.2 Å². The number of benzene rings is 1. The molecule has 1 N–H and O–H groups in total. The van der Waals surface area contributed by atoms with Crippen molar-refractivity contribution >= 4 is 65.9 Å². The minimum absolute atomic E-state index is 0.0541. The average molecular weight is 403 g/mol. The Morgan fingerprint density at radius 1 is 1.23 bits per heavy atom. The number of thioether (sulfide) groups is 1. The molecule has 26 heavy (non-hydrogen) atoms. The number of para-hydroxylation sites is 1. The lowest BCUT2D eigenvalue weighted by Gasteiger charge is -2.09. The van der Waals surface area contributed by atoms with Crippen molar-refractivity contribution in [2.45, 2.75) is 18.6 Å². The number of amides is 1. The van der Waals surface area contributed by atoms with Crippen molar-refractivity contribution in [3.63, 3.8) is 0 Å². The van der Waals surface area contributed by atoms with Crippen LogP contribution in [0, 0.1) is 0 Å². The van der Waals surface area contributed by atoms with Gasteiger partial charge in [-0.15, -0.1) is 11.3 Å². The Kier molecular flexibility index (Phi) is 4.75. The van der Waals surface area contributed by atoms with E-state index in [4.69, 9.17) is 0 Å². The SMILES string of the molecule is CCn1c(SCC(=O)Nc2nc3ccccc3s2)nc2ccsc2c1=O. The number of thiophene rings is 1. The molecule has 0 fully saturated rings. The number of fused-ring (bicyclic) bond motifs is 2. The van der Waals surface area contributed by atoms with Gasteiger partial charge in [-0.05, 0) is 30.5 Å². The molecule has 0 unspecified atom stereocenters. The standard InChI is InChI=1S/C17H14N4O2S3/c1-2-21-15(23)14-11(7-8-24-14)19-17(21)25-9-13(22)20-16-18-10-5-3-4-6-12(10)26-16/h3-8H,2,9H2,1H3,(H,18,20,22). The second kappa shape index (κ2) is 7.18. The maximum Gasteiger partial charge on any atom is 0.272 e. The number of hydrogen-bond donors (Lipinski definition) is 1. The average Bonchev–Trinajstić information content (AvgIpc) is 3.26. The van der Waals surface area contributed by atoms with E-state index >= 15 is 0 Å². The van der Waals surface area contributed by atoms with E-state index in [0.717, 1.165) is 10.2 Å². The molecule has 0 spiro atoms. The molecule has 0 radical (unpaired) electrons. The fourth-order valence-corrected chi connectivity index (χ4v) is 5.05. The van der Waals surface area contributed by atoms with Crippen LogP contribution in [0.4, 0.5) is 5.13 Å². The molecule has 3 heterocycles. The number of aromatic nitrogens is 3. The quantitative estimate of drug-likeness (QED) is 0.406. The molecule has 0 atom stereocenters. The zero-order valence-electron chi connectivity index (χ0n) is 13.8. The Hall–Kier alpha value is -2.23. The molecule has 0 bridgehead atoms. The molecule has 0 aliphatic rings. The lowest BCUT2D eigenvalue weighted by molar-refractivity contribution is -0.113. The van der Waals surface area contributed by atoms with Crippen LogP contribution in [-0.4, -0.2) is 26.2 Å². The highest BCUT2D eigenvalue weighted by atomic mass is 32.2. The zero-order valence-corrected chi connectivity index (χ0v) is 16.2. The van der Waals surface area contributed by atoms with Gasteiger partial charge in [0.1, 0.15) is 4.70 Å². The van der Waals surface area contributed by atoms with Gasteiger partial charge in [-0.2, -0.15) is 0 Å². The van der Waals surface area contributed by atoms with Gasteiger partial charge in [0.25, 0.3) is 5.56 Å². The topological polar surface area (TPSA) is 76.9 Å².